The standard InChI is InChI=1S/C19H17F3N2O4/c1-10-2-4-12(5-3-10)16(26)14-15(11-6-8-13(25)9-7-11)23-17(27)24-18(14,28)19(20,21)22/h2-9,14-15,25,28H,1H3,(H2,23,24,27). The Kier molecular flexibility index (Phi) is 4.80. The molecule has 1 saturated heterocycles. The van der Waals surface area contributed by atoms with Crippen LogP contribution in [0.1, 0.15) is 27.5 Å². The van der Waals surface area contributed by atoms with Gasteiger partial charge < -0.3 is 20.8 Å². The zero-order chi connectivity index (χ0) is 20.7. The molecule has 2 aromatic rings. The van der Waals surface area contributed by atoms with Crippen LogP contribution in [0.5, 0.6) is 5.75 Å². The zero-order valence-corrected chi connectivity index (χ0v) is 14.6. The lowest BCUT2D eigenvalue weighted by Gasteiger charge is -2.45. The lowest BCUT2D eigenvalue weighted by atomic mass is 9.77. The summed E-state index contributed by atoms with van der Waals surface area (Å²) in [7, 11) is 0. The Morgan fingerprint density at radius 3 is 2.18 bits per heavy atom. The van der Waals surface area contributed by atoms with Crippen LogP contribution in [0, 0.1) is 12.8 Å². The molecule has 1 heterocycles. The highest BCUT2D eigenvalue weighted by atomic mass is 19.4. The number of halogens is 3. The summed E-state index contributed by atoms with van der Waals surface area (Å²) in [4.78, 5) is 24.9. The number of Topliss-reactive ketones (excluding diaryl/α,β-unsaturated/α-hetero) is 1. The molecule has 0 aromatic heterocycles. The molecule has 0 bridgehead atoms. The van der Waals surface area contributed by atoms with Crippen molar-refractivity contribution in [3.63, 3.8) is 0 Å². The number of amides is 2. The van der Waals surface area contributed by atoms with E-state index in [-0.39, 0.29) is 16.9 Å². The Balaban J connectivity index is 2.15. The second-order valence-corrected chi connectivity index (χ2v) is 6.64. The maximum atomic E-state index is 13.8. The van der Waals surface area contributed by atoms with E-state index in [0.717, 1.165) is 5.56 Å². The van der Waals surface area contributed by atoms with E-state index < -0.39 is 35.7 Å². The molecule has 2 amide bonds. The van der Waals surface area contributed by atoms with Gasteiger partial charge in [0.1, 0.15) is 11.7 Å². The number of aromatic hydroxyl groups is 1. The third-order valence-corrected chi connectivity index (χ3v) is 4.68. The van der Waals surface area contributed by atoms with Gasteiger partial charge in [0.05, 0.1) is 6.04 Å². The van der Waals surface area contributed by atoms with Crippen molar-refractivity contribution in [3.8, 4) is 5.75 Å². The van der Waals surface area contributed by atoms with Crippen LogP contribution in [0.3, 0.4) is 0 Å². The first-order valence-electron chi connectivity index (χ1n) is 8.30. The van der Waals surface area contributed by atoms with Crippen LogP contribution in [0.15, 0.2) is 48.5 Å². The number of alkyl halides is 3. The summed E-state index contributed by atoms with van der Waals surface area (Å²) in [6.07, 6.45) is -5.31. The summed E-state index contributed by atoms with van der Waals surface area (Å²) in [6.45, 7) is 1.75. The summed E-state index contributed by atoms with van der Waals surface area (Å²) >= 11 is 0. The van der Waals surface area contributed by atoms with Crippen LogP contribution >= 0.6 is 0 Å². The second kappa shape index (κ2) is 6.83. The van der Waals surface area contributed by atoms with Gasteiger partial charge in [-0.3, -0.25) is 4.79 Å². The van der Waals surface area contributed by atoms with Gasteiger partial charge in [-0.1, -0.05) is 42.0 Å². The van der Waals surface area contributed by atoms with E-state index in [0.29, 0.717) is 0 Å². The number of carbonyl (C=O) groups is 2. The van der Waals surface area contributed by atoms with E-state index >= 15 is 0 Å². The van der Waals surface area contributed by atoms with Gasteiger partial charge in [0.25, 0.3) is 0 Å². The minimum Gasteiger partial charge on any atom is -0.508 e. The maximum Gasteiger partial charge on any atom is 0.437 e. The molecule has 2 aromatic carbocycles. The van der Waals surface area contributed by atoms with Crippen LogP contribution in [0.25, 0.3) is 0 Å². The number of benzene rings is 2. The first-order chi connectivity index (χ1) is 13.0. The molecule has 3 atom stereocenters. The quantitative estimate of drug-likeness (QED) is 0.602. The highest BCUT2D eigenvalue weighted by Crippen LogP contribution is 2.44. The van der Waals surface area contributed by atoms with Gasteiger partial charge in [-0.2, -0.15) is 13.2 Å². The third-order valence-electron chi connectivity index (χ3n) is 4.68. The number of aryl methyl sites for hydroxylation is 1. The third kappa shape index (κ3) is 3.40. The highest BCUT2D eigenvalue weighted by Gasteiger charge is 2.66. The lowest BCUT2D eigenvalue weighted by Crippen LogP contribution is -2.72. The van der Waals surface area contributed by atoms with Gasteiger partial charge in [0.2, 0.25) is 5.72 Å². The minimum atomic E-state index is -5.31. The number of phenols is 1. The van der Waals surface area contributed by atoms with Crippen LogP contribution in [-0.2, 0) is 0 Å². The van der Waals surface area contributed by atoms with Crippen LogP contribution in [-0.4, -0.2) is 33.9 Å². The summed E-state index contributed by atoms with van der Waals surface area (Å²) in [5.41, 5.74) is -2.89. The first-order valence-corrected chi connectivity index (χ1v) is 8.30. The highest BCUT2D eigenvalue weighted by molar-refractivity contribution is 6.00. The molecule has 0 radical (unpaired) electrons. The molecule has 3 rings (SSSR count). The molecule has 0 saturated carbocycles. The van der Waals surface area contributed by atoms with E-state index in [1.54, 1.807) is 19.1 Å². The minimum absolute atomic E-state index is 0.0417. The molecule has 1 aliphatic rings. The molecule has 3 unspecified atom stereocenters. The molecule has 148 valence electrons. The average molecular weight is 394 g/mol. The van der Waals surface area contributed by atoms with Crippen molar-refractivity contribution in [1.29, 1.82) is 0 Å². The number of rotatable bonds is 3. The molecule has 28 heavy (non-hydrogen) atoms. The molecular formula is C19H17F3N2O4. The topological polar surface area (TPSA) is 98.7 Å². The molecular weight excluding hydrogens is 377 g/mol. The number of aliphatic hydroxyl groups is 1. The number of ketones is 1. The predicted octanol–water partition coefficient (Wildman–Crippen LogP) is 2.80. The van der Waals surface area contributed by atoms with Crippen molar-refractivity contribution in [3.05, 3.63) is 65.2 Å². The van der Waals surface area contributed by atoms with Gasteiger partial charge in [-0.05, 0) is 24.6 Å². The van der Waals surface area contributed by atoms with Gasteiger partial charge >= 0.3 is 12.2 Å². The fraction of sp³-hybridized carbons (Fsp3) is 0.263. The smallest absolute Gasteiger partial charge is 0.437 e. The summed E-state index contributed by atoms with van der Waals surface area (Å²) < 4.78 is 41.3. The molecule has 1 fully saturated rings. The van der Waals surface area contributed by atoms with Crippen LogP contribution in [0.4, 0.5) is 18.0 Å². The van der Waals surface area contributed by atoms with E-state index in [4.69, 9.17) is 0 Å². The Hall–Kier alpha value is -3.07. The molecule has 9 heteroatoms. The van der Waals surface area contributed by atoms with Crippen LogP contribution in [0.2, 0.25) is 0 Å². The van der Waals surface area contributed by atoms with E-state index in [1.165, 1.54) is 41.7 Å². The van der Waals surface area contributed by atoms with E-state index in [1.807, 2.05) is 0 Å². The normalized spacial score (nSPS) is 25.0. The number of hydrogen-bond acceptors (Lipinski definition) is 4. The molecule has 0 aliphatic carbocycles. The Morgan fingerprint density at radius 1 is 1.07 bits per heavy atom. The largest absolute Gasteiger partial charge is 0.508 e. The van der Waals surface area contributed by atoms with Crippen molar-refractivity contribution in [2.24, 2.45) is 5.92 Å². The SMILES string of the molecule is Cc1ccc(C(=O)C2C(c3ccc(O)cc3)NC(=O)NC2(O)C(F)(F)F)cc1. The average Bonchev–Trinajstić information content (AvgIpc) is 2.61. The monoisotopic (exact) mass is 394 g/mol. The van der Waals surface area contributed by atoms with Gasteiger partial charge in [-0.15, -0.1) is 0 Å². The summed E-state index contributed by atoms with van der Waals surface area (Å²) in [5, 5.41) is 23.6. The van der Waals surface area contributed by atoms with Crippen molar-refractivity contribution < 1.29 is 33.0 Å². The van der Waals surface area contributed by atoms with Crippen molar-refractivity contribution in [2.75, 3.05) is 0 Å². The fourth-order valence-corrected chi connectivity index (χ4v) is 3.20. The fourth-order valence-electron chi connectivity index (χ4n) is 3.20. The summed E-state index contributed by atoms with van der Waals surface area (Å²) in [5.74, 6) is -3.24. The maximum absolute atomic E-state index is 13.8. The van der Waals surface area contributed by atoms with Gasteiger partial charge in [0.15, 0.2) is 5.78 Å². The Labute approximate surface area is 158 Å². The number of urea groups is 1. The Bertz CT molecular complexity index is 897. The molecule has 1 aliphatic heterocycles. The number of carbonyl (C=O) groups excluding carboxylic acids is 2. The Morgan fingerprint density at radius 2 is 1.64 bits per heavy atom. The van der Waals surface area contributed by atoms with Gasteiger partial charge in [0, 0.05) is 5.56 Å². The zero-order valence-electron chi connectivity index (χ0n) is 14.6. The first kappa shape index (κ1) is 19.7. The molecule has 0 spiro atoms. The van der Waals surface area contributed by atoms with Gasteiger partial charge in [-0.25, -0.2) is 4.79 Å². The lowest BCUT2D eigenvalue weighted by molar-refractivity contribution is -0.287. The molecule has 4 N–H and O–H groups in total. The number of hydrogen-bond donors (Lipinski definition) is 4. The predicted molar refractivity (Wildman–Crippen MR) is 92.5 cm³/mol. The molecule has 6 nitrogen and oxygen atoms in total. The van der Waals surface area contributed by atoms with Crippen molar-refractivity contribution in [2.45, 2.75) is 24.9 Å². The van der Waals surface area contributed by atoms with E-state index in [2.05, 4.69) is 5.32 Å². The second-order valence-electron chi connectivity index (χ2n) is 6.64. The van der Waals surface area contributed by atoms with Crippen molar-refractivity contribution in [1.82, 2.24) is 10.6 Å². The van der Waals surface area contributed by atoms with Crippen LogP contribution < -0.4 is 10.6 Å². The van der Waals surface area contributed by atoms with E-state index in [9.17, 15) is 33.0 Å². The van der Waals surface area contributed by atoms with Crippen molar-refractivity contribution >= 4 is 11.8 Å². The summed E-state index contributed by atoms with van der Waals surface area (Å²) in [6, 6.07) is 8.06. The number of phenolic OH excluding ortho intramolecular Hbond substituents is 1. The number of nitrogens with one attached hydrogen (secondary N) is 2.